The largest absolute Gasteiger partial charge is 0.368 e. The maximum absolute atomic E-state index is 13.3. The number of nitriles is 1. The molecule has 1 aromatic carbocycles. The number of rotatable bonds is 2. The number of carbonyl (C=O) groups excluding carboxylic acids is 1. The van der Waals surface area contributed by atoms with Crippen LogP contribution in [0, 0.1) is 17.1 Å². The third-order valence-electron chi connectivity index (χ3n) is 4.75. The molecule has 0 saturated carbocycles. The lowest BCUT2D eigenvalue weighted by atomic mass is 10.1. The van der Waals surface area contributed by atoms with Crippen molar-refractivity contribution in [1.29, 1.82) is 5.26 Å². The van der Waals surface area contributed by atoms with Crippen LogP contribution in [0.1, 0.15) is 24.8 Å². The van der Waals surface area contributed by atoms with Crippen LogP contribution in [-0.2, 0) is 4.79 Å². The highest BCUT2D eigenvalue weighted by atomic mass is 19.1. The maximum atomic E-state index is 13.3. The molecule has 2 aliphatic rings. The molecule has 0 spiro atoms. The number of benzene rings is 1. The standard InChI is InChI=1S/C17H21FN4O/c18-14-1-3-16(13(11-14)12-19)22-9-7-21(8-10-22)15-2-4-17(23)20-6-5-15/h1,3,11,15H,2,4-10H2,(H,20,23)/t15-/m0/s1. The van der Waals surface area contributed by atoms with Crippen LogP contribution in [0.2, 0.25) is 0 Å². The van der Waals surface area contributed by atoms with Crippen molar-refractivity contribution >= 4 is 11.6 Å². The summed E-state index contributed by atoms with van der Waals surface area (Å²) in [5, 5.41) is 12.1. The van der Waals surface area contributed by atoms with Gasteiger partial charge in [-0.05, 0) is 31.0 Å². The molecule has 2 fully saturated rings. The second-order valence-corrected chi connectivity index (χ2v) is 6.13. The summed E-state index contributed by atoms with van der Waals surface area (Å²) in [6, 6.07) is 6.92. The zero-order valence-corrected chi connectivity index (χ0v) is 13.1. The fourth-order valence-corrected chi connectivity index (χ4v) is 3.48. The van der Waals surface area contributed by atoms with E-state index in [9.17, 15) is 14.4 Å². The lowest BCUT2D eigenvalue weighted by Gasteiger charge is -2.40. The summed E-state index contributed by atoms with van der Waals surface area (Å²) in [5.41, 5.74) is 1.20. The number of halogens is 1. The molecule has 1 N–H and O–H groups in total. The first-order valence-electron chi connectivity index (χ1n) is 8.13. The number of carbonyl (C=O) groups is 1. The summed E-state index contributed by atoms with van der Waals surface area (Å²) in [4.78, 5) is 16.0. The molecule has 2 saturated heterocycles. The Morgan fingerprint density at radius 3 is 2.74 bits per heavy atom. The number of nitrogens with zero attached hydrogens (tertiary/aromatic N) is 3. The van der Waals surface area contributed by atoms with Crippen LogP contribution in [0.15, 0.2) is 18.2 Å². The highest BCUT2D eigenvalue weighted by Crippen LogP contribution is 2.24. The van der Waals surface area contributed by atoms with Crippen molar-refractivity contribution in [2.45, 2.75) is 25.3 Å². The second kappa shape index (κ2) is 6.97. The van der Waals surface area contributed by atoms with Gasteiger partial charge in [-0.2, -0.15) is 5.26 Å². The molecule has 3 rings (SSSR count). The Kier molecular flexibility index (Phi) is 4.77. The van der Waals surface area contributed by atoms with Crippen LogP contribution in [-0.4, -0.2) is 49.6 Å². The summed E-state index contributed by atoms with van der Waals surface area (Å²) in [6.45, 7) is 4.19. The van der Waals surface area contributed by atoms with Crippen LogP contribution in [0.3, 0.4) is 0 Å². The van der Waals surface area contributed by atoms with Crippen LogP contribution in [0.25, 0.3) is 0 Å². The zero-order chi connectivity index (χ0) is 16.2. The van der Waals surface area contributed by atoms with Crippen LogP contribution in [0.5, 0.6) is 0 Å². The summed E-state index contributed by atoms with van der Waals surface area (Å²) < 4.78 is 13.3. The summed E-state index contributed by atoms with van der Waals surface area (Å²) in [7, 11) is 0. The lowest BCUT2D eigenvalue weighted by Crippen LogP contribution is -2.50. The predicted octanol–water partition coefficient (Wildman–Crippen LogP) is 1.49. The van der Waals surface area contributed by atoms with Crippen molar-refractivity contribution in [2.75, 3.05) is 37.6 Å². The van der Waals surface area contributed by atoms with Crippen LogP contribution >= 0.6 is 0 Å². The van der Waals surface area contributed by atoms with Gasteiger partial charge >= 0.3 is 0 Å². The van der Waals surface area contributed by atoms with E-state index in [1.54, 1.807) is 6.07 Å². The molecule has 2 heterocycles. The molecule has 1 aromatic rings. The molecule has 1 atom stereocenters. The van der Waals surface area contributed by atoms with E-state index in [2.05, 4.69) is 21.2 Å². The molecular formula is C17H21FN4O. The Hall–Kier alpha value is -2.13. The molecule has 0 aliphatic carbocycles. The molecule has 0 radical (unpaired) electrons. The van der Waals surface area contributed by atoms with Gasteiger partial charge in [0.25, 0.3) is 0 Å². The number of nitrogens with one attached hydrogen (secondary N) is 1. The quantitative estimate of drug-likeness (QED) is 0.898. The van der Waals surface area contributed by atoms with E-state index in [-0.39, 0.29) is 11.7 Å². The fourth-order valence-electron chi connectivity index (χ4n) is 3.48. The van der Waals surface area contributed by atoms with Crippen molar-refractivity contribution in [3.8, 4) is 6.07 Å². The number of piperazine rings is 1. The maximum Gasteiger partial charge on any atom is 0.220 e. The van der Waals surface area contributed by atoms with Crippen molar-refractivity contribution in [2.24, 2.45) is 0 Å². The van der Waals surface area contributed by atoms with E-state index in [1.807, 2.05) is 0 Å². The SMILES string of the molecule is N#Cc1cc(F)ccc1N1CCN([C@@H]2CCNC(=O)CC2)CC1. The van der Waals surface area contributed by atoms with Gasteiger partial charge in [0.2, 0.25) is 5.91 Å². The fraction of sp³-hybridized carbons (Fsp3) is 0.529. The van der Waals surface area contributed by atoms with Gasteiger partial charge in [0, 0.05) is 45.2 Å². The minimum Gasteiger partial charge on any atom is -0.368 e. The average molecular weight is 316 g/mol. The summed E-state index contributed by atoms with van der Waals surface area (Å²) in [5.74, 6) is -0.226. The number of hydrogen-bond donors (Lipinski definition) is 1. The topological polar surface area (TPSA) is 59.4 Å². The molecule has 6 heteroatoms. The van der Waals surface area contributed by atoms with Gasteiger partial charge in [0.1, 0.15) is 11.9 Å². The minimum absolute atomic E-state index is 0.149. The first-order valence-corrected chi connectivity index (χ1v) is 8.13. The molecule has 5 nitrogen and oxygen atoms in total. The average Bonchev–Trinajstić information content (AvgIpc) is 2.79. The zero-order valence-electron chi connectivity index (χ0n) is 13.1. The first kappa shape index (κ1) is 15.8. The number of amides is 1. The molecule has 23 heavy (non-hydrogen) atoms. The van der Waals surface area contributed by atoms with Gasteiger partial charge in [-0.3, -0.25) is 9.69 Å². The van der Waals surface area contributed by atoms with E-state index < -0.39 is 0 Å². The highest BCUT2D eigenvalue weighted by Gasteiger charge is 2.26. The molecule has 1 amide bonds. The highest BCUT2D eigenvalue weighted by molar-refractivity contribution is 5.76. The third-order valence-corrected chi connectivity index (χ3v) is 4.75. The smallest absolute Gasteiger partial charge is 0.220 e. The van der Waals surface area contributed by atoms with Gasteiger partial charge in [-0.15, -0.1) is 0 Å². The van der Waals surface area contributed by atoms with Gasteiger partial charge in [-0.25, -0.2) is 4.39 Å². The molecule has 2 aliphatic heterocycles. The van der Waals surface area contributed by atoms with E-state index >= 15 is 0 Å². The second-order valence-electron chi connectivity index (χ2n) is 6.13. The Morgan fingerprint density at radius 2 is 2.00 bits per heavy atom. The van der Waals surface area contributed by atoms with Crippen LogP contribution in [0.4, 0.5) is 10.1 Å². The molecule has 0 aromatic heterocycles. The lowest BCUT2D eigenvalue weighted by molar-refractivity contribution is -0.120. The monoisotopic (exact) mass is 316 g/mol. The van der Waals surface area contributed by atoms with E-state index in [0.29, 0.717) is 18.0 Å². The molecule has 122 valence electrons. The van der Waals surface area contributed by atoms with Crippen molar-refractivity contribution in [3.63, 3.8) is 0 Å². The van der Waals surface area contributed by atoms with E-state index in [1.165, 1.54) is 12.1 Å². The minimum atomic E-state index is -0.375. The van der Waals surface area contributed by atoms with Gasteiger partial charge in [-0.1, -0.05) is 0 Å². The molecule has 0 unspecified atom stereocenters. The van der Waals surface area contributed by atoms with Crippen LogP contribution < -0.4 is 10.2 Å². The van der Waals surface area contributed by atoms with Gasteiger partial charge in [0.05, 0.1) is 11.3 Å². The molecule has 0 bridgehead atoms. The Labute approximate surface area is 135 Å². The third kappa shape index (κ3) is 3.62. The predicted molar refractivity (Wildman–Crippen MR) is 85.5 cm³/mol. The van der Waals surface area contributed by atoms with Gasteiger partial charge in [0.15, 0.2) is 0 Å². The summed E-state index contributed by atoms with van der Waals surface area (Å²) >= 11 is 0. The van der Waals surface area contributed by atoms with E-state index in [4.69, 9.17) is 0 Å². The van der Waals surface area contributed by atoms with Crippen molar-refractivity contribution in [1.82, 2.24) is 10.2 Å². The van der Waals surface area contributed by atoms with Crippen molar-refractivity contribution < 1.29 is 9.18 Å². The number of anilines is 1. The van der Waals surface area contributed by atoms with Gasteiger partial charge < -0.3 is 10.2 Å². The Balaban J connectivity index is 1.62. The normalized spacial score (nSPS) is 23.0. The van der Waals surface area contributed by atoms with E-state index in [0.717, 1.165) is 51.3 Å². The van der Waals surface area contributed by atoms with Crippen molar-refractivity contribution in [3.05, 3.63) is 29.6 Å². The first-order chi connectivity index (χ1) is 11.2. The Bertz CT molecular complexity index is 620. The molecular weight excluding hydrogens is 295 g/mol. The Morgan fingerprint density at radius 1 is 1.22 bits per heavy atom. The number of hydrogen-bond acceptors (Lipinski definition) is 4. The summed E-state index contributed by atoms with van der Waals surface area (Å²) in [6.07, 6.45) is 2.50.